The summed E-state index contributed by atoms with van der Waals surface area (Å²) in [5.74, 6) is -0.327. The number of amides is 1. The first-order chi connectivity index (χ1) is 11.9. The molecule has 1 N–H and O–H groups in total. The van der Waals surface area contributed by atoms with Gasteiger partial charge in [-0.15, -0.1) is 5.10 Å². The zero-order valence-corrected chi connectivity index (χ0v) is 15.4. The van der Waals surface area contributed by atoms with Crippen LogP contribution in [0, 0.1) is 6.92 Å². The molecule has 5 nitrogen and oxygen atoms in total. The van der Waals surface area contributed by atoms with Crippen molar-refractivity contribution in [1.29, 1.82) is 0 Å². The Bertz CT molecular complexity index is 899. The van der Waals surface area contributed by atoms with E-state index >= 15 is 0 Å². The number of hydrogen-bond acceptors (Lipinski definition) is 3. The van der Waals surface area contributed by atoms with Gasteiger partial charge in [-0.1, -0.05) is 69.8 Å². The Morgan fingerprint density at radius 3 is 2.40 bits per heavy atom. The van der Waals surface area contributed by atoms with Gasteiger partial charge in [0.15, 0.2) is 0 Å². The predicted octanol–water partition coefficient (Wildman–Crippen LogP) is 4.85. The Kier molecular flexibility index (Phi) is 5.27. The molecule has 0 aliphatic heterocycles. The predicted molar refractivity (Wildman–Crippen MR) is 100 cm³/mol. The molecular weight excluding hydrogens is 383 g/mol. The molecule has 0 fully saturated rings. The van der Waals surface area contributed by atoms with Crippen molar-refractivity contribution in [2.75, 3.05) is 5.32 Å². The van der Waals surface area contributed by atoms with Crippen LogP contribution in [0.4, 0.5) is 5.69 Å². The molecule has 0 aliphatic rings. The van der Waals surface area contributed by atoms with Gasteiger partial charge in [-0.3, -0.25) is 4.79 Å². The Labute approximate surface area is 159 Å². The van der Waals surface area contributed by atoms with Crippen LogP contribution in [0.1, 0.15) is 5.56 Å². The van der Waals surface area contributed by atoms with Crippen LogP contribution in [0.25, 0.3) is 11.3 Å². The molecule has 1 heterocycles. The highest BCUT2D eigenvalue weighted by Crippen LogP contribution is 2.33. The van der Waals surface area contributed by atoms with E-state index in [-0.39, 0.29) is 22.5 Å². The third-order valence-corrected chi connectivity index (χ3v) is 4.28. The van der Waals surface area contributed by atoms with Crippen LogP contribution >= 0.6 is 34.8 Å². The summed E-state index contributed by atoms with van der Waals surface area (Å²) in [6.07, 6.45) is 1.70. The van der Waals surface area contributed by atoms with Crippen molar-refractivity contribution in [3.8, 4) is 11.3 Å². The zero-order valence-electron chi connectivity index (χ0n) is 13.1. The minimum absolute atomic E-state index is 0.0197. The first-order valence-corrected chi connectivity index (χ1v) is 8.47. The van der Waals surface area contributed by atoms with Crippen LogP contribution in [-0.4, -0.2) is 20.9 Å². The van der Waals surface area contributed by atoms with Gasteiger partial charge in [0, 0.05) is 10.6 Å². The normalized spacial score (nSPS) is 10.7. The van der Waals surface area contributed by atoms with Crippen LogP contribution in [-0.2, 0) is 11.3 Å². The number of halogens is 3. The lowest BCUT2D eigenvalue weighted by atomic mass is 10.1. The van der Waals surface area contributed by atoms with Gasteiger partial charge in [-0.05, 0) is 19.1 Å². The van der Waals surface area contributed by atoms with E-state index in [1.165, 1.54) is 16.8 Å². The number of carbonyl (C=O) groups excluding carboxylic acids is 1. The Balaban J connectivity index is 1.71. The van der Waals surface area contributed by atoms with Gasteiger partial charge in [0.25, 0.3) is 0 Å². The van der Waals surface area contributed by atoms with Crippen molar-refractivity contribution in [3.05, 3.63) is 63.2 Å². The molecule has 0 spiro atoms. The molecule has 1 aromatic heterocycles. The molecule has 0 bridgehead atoms. The van der Waals surface area contributed by atoms with E-state index in [9.17, 15) is 4.79 Å². The summed E-state index contributed by atoms with van der Waals surface area (Å²) in [5.41, 5.74) is 3.10. The van der Waals surface area contributed by atoms with Gasteiger partial charge in [-0.25, -0.2) is 4.68 Å². The van der Waals surface area contributed by atoms with E-state index in [1.807, 2.05) is 31.2 Å². The van der Waals surface area contributed by atoms with Crippen molar-refractivity contribution in [1.82, 2.24) is 15.0 Å². The number of nitrogens with zero attached hydrogens (tertiary/aromatic N) is 3. The zero-order chi connectivity index (χ0) is 18.0. The fraction of sp³-hybridized carbons (Fsp3) is 0.118. The van der Waals surface area contributed by atoms with Gasteiger partial charge in [0.05, 0.1) is 21.9 Å². The Hall–Kier alpha value is -2.08. The topological polar surface area (TPSA) is 59.8 Å². The number of aryl methyl sites for hydroxylation is 1. The average Bonchev–Trinajstić information content (AvgIpc) is 3.00. The van der Waals surface area contributed by atoms with Gasteiger partial charge in [0.1, 0.15) is 12.2 Å². The lowest BCUT2D eigenvalue weighted by Gasteiger charge is -2.09. The molecule has 0 unspecified atom stereocenters. The van der Waals surface area contributed by atoms with Crippen LogP contribution in [0.15, 0.2) is 42.6 Å². The van der Waals surface area contributed by atoms with E-state index in [4.69, 9.17) is 34.8 Å². The molecule has 0 radical (unpaired) electrons. The largest absolute Gasteiger partial charge is 0.322 e. The second kappa shape index (κ2) is 7.44. The van der Waals surface area contributed by atoms with Crippen molar-refractivity contribution in [3.63, 3.8) is 0 Å². The third-order valence-electron chi connectivity index (χ3n) is 3.46. The van der Waals surface area contributed by atoms with Crippen molar-refractivity contribution in [2.45, 2.75) is 13.5 Å². The molecule has 0 aliphatic carbocycles. The highest BCUT2D eigenvalue weighted by Gasteiger charge is 2.13. The molecule has 128 valence electrons. The molecule has 0 saturated carbocycles. The minimum Gasteiger partial charge on any atom is -0.322 e. The summed E-state index contributed by atoms with van der Waals surface area (Å²) in [4.78, 5) is 12.2. The summed E-state index contributed by atoms with van der Waals surface area (Å²) < 4.78 is 1.45. The van der Waals surface area contributed by atoms with Crippen LogP contribution in [0.3, 0.4) is 0 Å². The van der Waals surface area contributed by atoms with E-state index in [0.717, 1.165) is 11.1 Å². The van der Waals surface area contributed by atoms with E-state index in [1.54, 1.807) is 6.20 Å². The molecule has 3 aromatic rings. The van der Waals surface area contributed by atoms with E-state index in [0.29, 0.717) is 16.4 Å². The van der Waals surface area contributed by atoms with E-state index in [2.05, 4.69) is 15.6 Å². The maximum Gasteiger partial charge on any atom is 0.246 e. The van der Waals surface area contributed by atoms with Crippen LogP contribution in [0.5, 0.6) is 0 Å². The number of aromatic nitrogens is 3. The molecule has 0 atom stereocenters. The van der Waals surface area contributed by atoms with Crippen LogP contribution in [0.2, 0.25) is 15.1 Å². The fourth-order valence-corrected chi connectivity index (χ4v) is 3.13. The quantitative estimate of drug-likeness (QED) is 0.687. The molecule has 1 amide bonds. The second-order valence-corrected chi connectivity index (χ2v) is 6.71. The van der Waals surface area contributed by atoms with Gasteiger partial charge >= 0.3 is 0 Å². The molecular formula is C17H13Cl3N4O. The summed E-state index contributed by atoms with van der Waals surface area (Å²) >= 11 is 18.0. The Morgan fingerprint density at radius 1 is 1.12 bits per heavy atom. The summed E-state index contributed by atoms with van der Waals surface area (Å²) in [6.45, 7) is 1.99. The Morgan fingerprint density at radius 2 is 1.76 bits per heavy atom. The SMILES string of the molecule is Cc1ccc(-c2cn(CC(=O)Nc3c(Cl)cc(Cl)cc3Cl)nn2)cc1. The first kappa shape index (κ1) is 17.7. The molecule has 8 heteroatoms. The molecule has 0 saturated heterocycles. The summed E-state index contributed by atoms with van der Waals surface area (Å²) in [6, 6.07) is 10.9. The minimum atomic E-state index is -0.327. The first-order valence-electron chi connectivity index (χ1n) is 7.34. The highest BCUT2D eigenvalue weighted by atomic mass is 35.5. The number of anilines is 1. The third kappa shape index (κ3) is 4.31. The maximum absolute atomic E-state index is 12.2. The molecule has 2 aromatic carbocycles. The van der Waals surface area contributed by atoms with Crippen molar-refractivity contribution >= 4 is 46.4 Å². The summed E-state index contributed by atoms with van der Waals surface area (Å²) in [5, 5.41) is 11.7. The number of hydrogen-bond donors (Lipinski definition) is 1. The van der Waals surface area contributed by atoms with Crippen molar-refractivity contribution in [2.24, 2.45) is 0 Å². The lowest BCUT2D eigenvalue weighted by molar-refractivity contribution is -0.116. The van der Waals surface area contributed by atoms with Crippen molar-refractivity contribution < 1.29 is 4.79 Å². The number of nitrogens with one attached hydrogen (secondary N) is 1. The second-order valence-electron chi connectivity index (χ2n) is 5.46. The highest BCUT2D eigenvalue weighted by molar-refractivity contribution is 6.42. The standard InChI is InChI=1S/C17H13Cl3N4O/c1-10-2-4-11(5-3-10)15-8-24(23-22-15)9-16(25)21-17-13(19)6-12(18)7-14(17)20/h2-8H,9H2,1H3,(H,21,25). The van der Waals surface area contributed by atoms with Gasteiger partial charge in [-0.2, -0.15) is 0 Å². The lowest BCUT2D eigenvalue weighted by Crippen LogP contribution is -2.19. The number of carbonyl (C=O) groups is 1. The summed E-state index contributed by atoms with van der Waals surface area (Å²) in [7, 11) is 0. The smallest absolute Gasteiger partial charge is 0.246 e. The monoisotopic (exact) mass is 394 g/mol. The molecule has 25 heavy (non-hydrogen) atoms. The fourth-order valence-electron chi connectivity index (χ4n) is 2.22. The maximum atomic E-state index is 12.2. The van der Waals surface area contributed by atoms with E-state index < -0.39 is 0 Å². The van der Waals surface area contributed by atoms with Gasteiger partial charge in [0.2, 0.25) is 5.91 Å². The van der Waals surface area contributed by atoms with Crippen LogP contribution < -0.4 is 5.32 Å². The number of benzene rings is 2. The average molecular weight is 396 g/mol. The number of rotatable bonds is 4. The molecule has 3 rings (SSSR count). The van der Waals surface area contributed by atoms with Gasteiger partial charge < -0.3 is 5.32 Å².